The van der Waals surface area contributed by atoms with Gasteiger partial charge in [0, 0.05) is 33.7 Å². The summed E-state index contributed by atoms with van der Waals surface area (Å²) in [6.07, 6.45) is 9.94. The number of rotatable bonds is 5. The Balaban J connectivity index is 1.13. The summed E-state index contributed by atoms with van der Waals surface area (Å²) >= 11 is 0. The minimum Gasteiger partial charge on any atom is -0.311 e. The summed E-state index contributed by atoms with van der Waals surface area (Å²) in [4.78, 5) is 11.5. The van der Waals surface area contributed by atoms with Crippen molar-refractivity contribution < 1.29 is 0 Å². The van der Waals surface area contributed by atoms with Crippen LogP contribution in [0.2, 0.25) is 0 Å². The van der Waals surface area contributed by atoms with E-state index in [1.165, 1.54) is 158 Å². The van der Waals surface area contributed by atoms with E-state index in [1.54, 1.807) is 0 Å². The van der Waals surface area contributed by atoms with Gasteiger partial charge < -0.3 is 4.90 Å². The third-order valence-electron chi connectivity index (χ3n) is 19.8. The molecule has 3 nitrogen and oxygen atoms in total. The molecule has 77 heavy (non-hydrogen) atoms. The van der Waals surface area contributed by atoms with Crippen LogP contribution in [0.25, 0.3) is 22.3 Å². The smallest absolute Gasteiger partial charge is 0.254 e. The predicted octanol–water partition coefficient (Wildman–Crippen LogP) is 18.3. The molecule has 6 aliphatic rings. The minimum atomic E-state index is -0.0546. The van der Waals surface area contributed by atoms with Gasteiger partial charge in [-0.15, -0.1) is 0 Å². The van der Waals surface area contributed by atoms with Gasteiger partial charge in [0.05, 0.1) is 11.4 Å². The third-order valence-corrected chi connectivity index (χ3v) is 19.8. The molecular weight excluding hydrogens is 930 g/mol. The zero-order valence-electron chi connectivity index (χ0n) is 49.8. The number of pyridine rings is 1. The van der Waals surface area contributed by atoms with E-state index in [0.717, 1.165) is 11.7 Å². The highest BCUT2D eigenvalue weighted by molar-refractivity contribution is 7.00. The number of aromatic nitrogens is 1. The molecule has 3 saturated carbocycles. The van der Waals surface area contributed by atoms with Gasteiger partial charge >= 0.3 is 0 Å². The first-order chi connectivity index (χ1) is 36.1. The lowest BCUT2D eigenvalue weighted by Crippen LogP contribution is -2.62. The van der Waals surface area contributed by atoms with E-state index in [2.05, 4.69) is 248 Å². The Morgan fingerprint density at radius 2 is 0.896 bits per heavy atom. The van der Waals surface area contributed by atoms with Crippen LogP contribution in [0.3, 0.4) is 0 Å². The second kappa shape index (κ2) is 17.6. The summed E-state index contributed by atoms with van der Waals surface area (Å²) in [5.74, 6) is 1.94. The van der Waals surface area contributed by atoms with E-state index < -0.39 is 0 Å². The van der Waals surface area contributed by atoms with E-state index in [-0.39, 0.29) is 44.6 Å². The molecule has 0 N–H and O–H groups in total. The fourth-order valence-corrected chi connectivity index (χ4v) is 14.4. The van der Waals surface area contributed by atoms with Crippen molar-refractivity contribution in [2.45, 2.75) is 200 Å². The van der Waals surface area contributed by atoms with Gasteiger partial charge in [-0.25, -0.2) is 4.98 Å². The van der Waals surface area contributed by atoms with Crippen molar-refractivity contribution in [3.05, 3.63) is 166 Å². The number of nitrogens with zero attached hydrogens (tertiary/aromatic N) is 3. The molecule has 4 heteroatoms. The fraction of sp³-hybridized carbons (Fsp3) is 0.438. The molecule has 0 amide bonds. The Morgan fingerprint density at radius 3 is 1.44 bits per heavy atom. The van der Waals surface area contributed by atoms with Crippen LogP contribution in [0, 0.1) is 5.92 Å². The quantitative estimate of drug-likeness (QED) is 0.160. The average molecular weight is 1020 g/mol. The zero-order valence-corrected chi connectivity index (χ0v) is 49.8. The molecule has 0 unspecified atom stereocenters. The molecule has 0 atom stereocenters. The van der Waals surface area contributed by atoms with Crippen molar-refractivity contribution in [3.63, 3.8) is 0 Å². The molecule has 1 aromatic heterocycles. The molecule has 3 fully saturated rings. The highest BCUT2D eigenvalue weighted by atomic mass is 15.2. The lowest BCUT2D eigenvalue weighted by molar-refractivity contribution is 0.132. The number of hydrogen-bond acceptors (Lipinski definition) is 3. The monoisotopic (exact) mass is 1020 g/mol. The third kappa shape index (κ3) is 8.73. The molecule has 0 radical (unpaired) electrons. The minimum absolute atomic E-state index is 0.0270. The van der Waals surface area contributed by atoms with Gasteiger partial charge in [0.25, 0.3) is 6.71 Å². The fourth-order valence-electron chi connectivity index (χ4n) is 14.4. The van der Waals surface area contributed by atoms with Crippen molar-refractivity contribution in [1.82, 2.24) is 4.98 Å². The first-order valence-corrected chi connectivity index (χ1v) is 29.6. The molecule has 2 aliphatic heterocycles. The predicted molar refractivity (Wildman–Crippen MR) is 332 cm³/mol. The maximum absolute atomic E-state index is 6.18. The molecule has 0 spiro atoms. The maximum Gasteiger partial charge on any atom is 0.254 e. The van der Waals surface area contributed by atoms with Crippen LogP contribution in [-0.4, -0.2) is 11.7 Å². The molecule has 0 saturated heterocycles. The molecule has 6 aromatic carbocycles. The van der Waals surface area contributed by atoms with Crippen molar-refractivity contribution in [2.75, 3.05) is 9.80 Å². The van der Waals surface area contributed by atoms with Gasteiger partial charge in [0.1, 0.15) is 5.82 Å². The molecule has 4 aliphatic carbocycles. The van der Waals surface area contributed by atoms with Gasteiger partial charge in [0.15, 0.2) is 0 Å². The number of hydrogen-bond donors (Lipinski definition) is 0. The van der Waals surface area contributed by atoms with Crippen LogP contribution >= 0.6 is 0 Å². The van der Waals surface area contributed by atoms with Crippen LogP contribution in [0.1, 0.15) is 201 Å². The van der Waals surface area contributed by atoms with Gasteiger partial charge in [-0.05, 0) is 199 Å². The SMILES string of the molecule is CC(C)(C)c1ccc(N2c3ccc(C(C)(C)C)cc3B3c4cc(C(C)(C)C)ccc4N(c4ccc(C(C)(C)C)cc4-c4ccc(-c5ccc6c(c5)C(C)(C)CCC6(C)C)cc4)c4cc(C56CCC(CC5)CC6)nc2c43)cc1. The summed E-state index contributed by atoms with van der Waals surface area (Å²) in [5, 5.41) is 0. The van der Waals surface area contributed by atoms with Crippen molar-refractivity contribution in [3.8, 4) is 22.3 Å². The second-order valence-electron chi connectivity index (χ2n) is 30.1. The van der Waals surface area contributed by atoms with Gasteiger partial charge in [-0.3, -0.25) is 4.90 Å². The van der Waals surface area contributed by atoms with Crippen LogP contribution in [-0.2, 0) is 37.9 Å². The highest BCUT2D eigenvalue weighted by Gasteiger charge is 2.49. The Labute approximate surface area is 464 Å². The zero-order chi connectivity index (χ0) is 54.6. The summed E-state index contributed by atoms with van der Waals surface area (Å²) < 4.78 is 0. The molecule has 13 rings (SSSR count). The van der Waals surface area contributed by atoms with Crippen molar-refractivity contribution in [1.29, 1.82) is 0 Å². The van der Waals surface area contributed by atoms with E-state index in [9.17, 15) is 0 Å². The highest BCUT2D eigenvalue weighted by Crippen LogP contribution is 2.55. The first-order valence-electron chi connectivity index (χ1n) is 29.6. The molecular formula is C73H86BN3. The lowest BCUT2D eigenvalue weighted by Gasteiger charge is -2.49. The summed E-state index contributed by atoms with van der Waals surface area (Å²) in [6.45, 7) is 37.9. The van der Waals surface area contributed by atoms with Crippen LogP contribution < -0.4 is 26.2 Å². The van der Waals surface area contributed by atoms with E-state index in [4.69, 9.17) is 4.98 Å². The van der Waals surface area contributed by atoms with Gasteiger partial charge in [-0.1, -0.05) is 196 Å². The topological polar surface area (TPSA) is 19.4 Å². The maximum atomic E-state index is 6.18. The average Bonchev–Trinajstić information content (AvgIpc) is 3.59. The van der Waals surface area contributed by atoms with Crippen LogP contribution in [0.5, 0.6) is 0 Å². The van der Waals surface area contributed by atoms with Gasteiger partial charge in [0.2, 0.25) is 0 Å². The summed E-state index contributed by atoms with van der Waals surface area (Å²) in [5.41, 5.74) is 25.2. The van der Waals surface area contributed by atoms with Crippen molar-refractivity contribution >= 4 is 57.4 Å². The molecule has 2 bridgehead atoms. The number of anilines is 6. The number of fused-ring (bicyclic) bond motifs is 8. The Hall–Kier alpha value is -5.87. The second-order valence-corrected chi connectivity index (χ2v) is 30.1. The van der Waals surface area contributed by atoms with Crippen LogP contribution in [0.15, 0.2) is 127 Å². The van der Waals surface area contributed by atoms with Crippen LogP contribution in [0.4, 0.5) is 34.3 Å². The largest absolute Gasteiger partial charge is 0.311 e. The van der Waals surface area contributed by atoms with Gasteiger partial charge in [-0.2, -0.15) is 0 Å². The van der Waals surface area contributed by atoms with E-state index in [0.29, 0.717) is 0 Å². The van der Waals surface area contributed by atoms with E-state index in [1.807, 2.05) is 0 Å². The standard InChI is InChI=1S/C73H86BN3/c1-67(2,3)50-22-27-54(28-23-50)76-61-31-25-52(69(7,8)9)43-58(61)74-59-44-53(70(10,11)12)26-32-62(59)77(63-45-64(75-66(76)65(63)74)73-36-33-46(34-37-73)35-38-73)60-30-24-51(68(4,5)6)42-55(60)48-19-17-47(18-20-48)49-21-29-56-57(41-49)72(15,16)40-39-71(56,13)14/h17-32,41-46H,33-40H2,1-16H3. The normalized spacial score (nSPS) is 20.4. The Morgan fingerprint density at radius 1 is 0.429 bits per heavy atom. The molecule has 3 heterocycles. The molecule has 7 aromatic rings. The number of benzene rings is 6. The summed E-state index contributed by atoms with van der Waals surface area (Å²) in [7, 11) is 0. The first kappa shape index (κ1) is 51.9. The summed E-state index contributed by atoms with van der Waals surface area (Å²) in [6, 6.07) is 51.3. The van der Waals surface area contributed by atoms with E-state index >= 15 is 0 Å². The van der Waals surface area contributed by atoms with Crippen molar-refractivity contribution in [2.24, 2.45) is 5.92 Å². The molecule has 396 valence electrons. The lowest BCUT2D eigenvalue weighted by atomic mass is 9.33. The Kier molecular flexibility index (Phi) is 11.8. The Bertz CT molecular complexity index is 3450.